The normalized spacial score (nSPS) is 16.6. The Morgan fingerprint density at radius 3 is 2.58 bits per heavy atom. The average Bonchev–Trinajstić information content (AvgIpc) is 2.42. The van der Waals surface area contributed by atoms with Crippen molar-refractivity contribution in [2.24, 2.45) is 10.8 Å². The van der Waals surface area contributed by atoms with E-state index in [-0.39, 0.29) is 5.11 Å². The first kappa shape index (κ1) is 14.0. The molecule has 0 bridgehead atoms. The highest BCUT2D eigenvalue weighted by atomic mass is 32.1. The fraction of sp³-hybridized carbons (Fsp3) is 0.429. The Morgan fingerprint density at radius 2 is 1.95 bits per heavy atom. The van der Waals surface area contributed by atoms with Crippen molar-refractivity contribution in [3.63, 3.8) is 0 Å². The maximum Gasteiger partial charge on any atom is 0.184 e. The molecule has 2 rings (SSSR count). The summed E-state index contributed by atoms with van der Waals surface area (Å²) in [4.78, 5) is 2.51. The molecule has 1 aliphatic heterocycles. The van der Waals surface area contributed by atoms with Gasteiger partial charge in [0.15, 0.2) is 5.11 Å². The summed E-state index contributed by atoms with van der Waals surface area (Å²) >= 11 is 4.67. The Bertz CT molecular complexity index is 435. The van der Waals surface area contributed by atoms with Crippen LogP contribution in [0.2, 0.25) is 0 Å². The second-order valence-corrected chi connectivity index (χ2v) is 5.25. The van der Waals surface area contributed by atoms with E-state index in [1.54, 1.807) is 6.21 Å². The number of hydrogen-bond donors (Lipinski definition) is 2. The van der Waals surface area contributed by atoms with E-state index in [1.807, 2.05) is 0 Å². The minimum Gasteiger partial charge on any atom is -0.375 e. The van der Waals surface area contributed by atoms with Gasteiger partial charge in [0, 0.05) is 6.54 Å². The molecule has 0 spiro atoms. The highest BCUT2D eigenvalue weighted by Crippen LogP contribution is 2.13. The third kappa shape index (κ3) is 4.96. The molecule has 3 N–H and O–H groups in total. The molecule has 0 amide bonds. The lowest BCUT2D eigenvalue weighted by atomic mass is 10.1. The first-order chi connectivity index (χ1) is 9.24. The molecule has 5 heteroatoms. The fourth-order valence-electron chi connectivity index (χ4n) is 2.26. The summed E-state index contributed by atoms with van der Waals surface area (Å²) < 4.78 is 0. The minimum atomic E-state index is 0.179. The molecule has 19 heavy (non-hydrogen) atoms. The minimum absolute atomic E-state index is 0.179. The molecule has 0 unspecified atom stereocenters. The van der Waals surface area contributed by atoms with Gasteiger partial charge in [0.1, 0.15) is 0 Å². The van der Waals surface area contributed by atoms with Crippen LogP contribution in [0.25, 0.3) is 0 Å². The molecule has 1 aliphatic rings. The van der Waals surface area contributed by atoms with E-state index in [2.05, 4.69) is 51.9 Å². The van der Waals surface area contributed by atoms with Gasteiger partial charge in [-0.3, -0.25) is 10.3 Å². The summed E-state index contributed by atoms with van der Waals surface area (Å²) in [7, 11) is 0. The van der Waals surface area contributed by atoms with Gasteiger partial charge in [0.05, 0.1) is 6.21 Å². The number of piperidine rings is 1. The number of nitrogens with two attached hydrogens (primary N) is 1. The molecule has 0 saturated carbocycles. The van der Waals surface area contributed by atoms with E-state index in [0.29, 0.717) is 0 Å². The number of rotatable bonds is 4. The molecule has 1 aromatic rings. The van der Waals surface area contributed by atoms with Crippen molar-refractivity contribution in [3.8, 4) is 0 Å². The van der Waals surface area contributed by atoms with Crippen LogP contribution in [0.3, 0.4) is 0 Å². The lowest BCUT2D eigenvalue weighted by Gasteiger charge is -2.26. The Morgan fingerprint density at radius 1 is 1.26 bits per heavy atom. The number of thiocarbonyl (C=S) groups is 1. The van der Waals surface area contributed by atoms with Gasteiger partial charge >= 0.3 is 0 Å². The number of hydrogen-bond acceptors (Lipinski definition) is 3. The SMILES string of the molecule is NC(=S)NN=Cc1ccc(CN2CCCCC2)cc1. The van der Waals surface area contributed by atoms with Crippen molar-refractivity contribution >= 4 is 23.5 Å². The molecule has 1 aromatic carbocycles. The number of likely N-dealkylation sites (tertiary alicyclic amines) is 1. The summed E-state index contributed by atoms with van der Waals surface area (Å²) in [6.45, 7) is 3.49. The molecule has 0 aliphatic carbocycles. The summed E-state index contributed by atoms with van der Waals surface area (Å²) in [5, 5.41) is 4.11. The molecule has 4 nitrogen and oxygen atoms in total. The monoisotopic (exact) mass is 276 g/mol. The summed E-state index contributed by atoms with van der Waals surface area (Å²) in [6, 6.07) is 8.42. The topological polar surface area (TPSA) is 53.6 Å². The predicted octanol–water partition coefficient (Wildman–Crippen LogP) is 1.84. The Hall–Kier alpha value is -1.46. The van der Waals surface area contributed by atoms with E-state index >= 15 is 0 Å². The number of benzene rings is 1. The van der Waals surface area contributed by atoms with Gasteiger partial charge in [0.25, 0.3) is 0 Å². The van der Waals surface area contributed by atoms with Gasteiger partial charge in [-0.2, -0.15) is 5.10 Å². The second-order valence-electron chi connectivity index (χ2n) is 4.81. The zero-order valence-corrected chi connectivity index (χ0v) is 11.8. The number of nitrogens with one attached hydrogen (secondary N) is 1. The van der Waals surface area contributed by atoms with Crippen LogP contribution in [0.1, 0.15) is 30.4 Å². The fourth-order valence-corrected chi connectivity index (χ4v) is 2.31. The van der Waals surface area contributed by atoms with Gasteiger partial charge in [-0.15, -0.1) is 0 Å². The van der Waals surface area contributed by atoms with Crippen LogP contribution in [0, 0.1) is 0 Å². The highest BCUT2D eigenvalue weighted by molar-refractivity contribution is 7.80. The van der Waals surface area contributed by atoms with E-state index in [0.717, 1.165) is 12.1 Å². The molecule has 1 saturated heterocycles. The summed E-state index contributed by atoms with van der Waals surface area (Å²) in [6.07, 6.45) is 5.75. The van der Waals surface area contributed by atoms with Crippen LogP contribution < -0.4 is 11.2 Å². The largest absolute Gasteiger partial charge is 0.375 e. The van der Waals surface area contributed by atoms with Gasteiger partial charge in [-0.25, -0.2) is 0 Å². The van der Waals surface area contributed by atoms with Crippen molar-refractivity contribution in [2.45, 2.75) is 25.8 Å². The van der Waals surface area contributed by atoms with Gasteiger partial charge in [-0.1, -0.05) is 30.7 Å². The highest BCUT2D eigenvalue weighted by Gasteiger charge is 2.09. The molecule has 0 aromatic heterocycles. The number of nitrogens with zero attached hydrogens (tertiary/aromatic N) is 2. The third-order valence-electron chi connectivity index (χ3n) is 3.22. The quantitative estimate of drug-likeness (QED) is 0.500. The first-order valence-corrected chi connectivity index (χ1v) is 7.05. The van der Waals surface area contributed by atoms with Crippen LogP contribution in [0.15, 0.2) is 29.4 Å². The van der Waals surface area contributed by atoms with Crippen LogP contribution in [-0.2, 0) is 6.54 Å². The van der Waals surface area contributed by atoms with Crippen molar-refractivity contribution in [3.05, 3.63) is 35.4 Å². The molecule has 1 fully saturated rings. The van der Waals surface area contributed by atoms with Gasteiger partial charge in [-0.05, 0) is 49.3 Å². The maximum absolute atomic E-state index is 5.29. The van der Waals surface area contributed by atoms with Gasteiger partial charge < -0.3 is 5.73 Å². The molecule has 0 atom stereocenters. The first-order valence-electron chi connectivity index (χ1n) is 6.64. The maximum atomic E-state index is 5.29. The molecule has 102 valence electrons. The third-order valence-corrected chi connectivity index (χ3v) is 3.31. The van der Waals surface area contributed by atoms with Crippen molar-refractivity contribution in [2.75, 3.05) is 13.1 Å². The summed E-state index contributed by atoms with van der Waals surface area (Å²) in [5.41, 5.74) is 10.2. The van der Waals surface area contributed by atoms with Crippen LogP contribution in [-0.4, -0.2) is 29.3 Å². The zero-order valence-electron chi connectivity index (χ0n) is 11.0. The van der Waals surface area contributed by atoms with Crippen LogP contribution in [0.4, 0.5) is 0 Å². The predicted molar refractivity (Wildman–Crippen MR) is 83.1 cm³/mol. The van der Waals surface area contributed by atoms with Crippen molar-refractivity contribution in [1.29, 1.82) is 0 Å². The standard InChI is InChI=1S/C14H20N4S/c15-14(19)17-16-10-12-4-6-13(7-5-12)11-18-8-2-1-3-9-18/h4-7,10H,1-3,8-9,11H2,(H3,15,17,19). The second kappa shape index (κ2) is 7.21. The van der Waals surface area contributed by atoms with Crippen molar-refractivity contribution in [1.82, 2.24) is 10.3 Å². The smallest absolute Gasteiger partial charge is 0.184 e. The Kier molecular flexibility index (Phi) is 5.30. The van der Waals surface area contributed by atoms with Gasteiger partial charge in [0.2, 0.25) is 0 Å². The lowest BCUT2D eigenvalue weighted by molar-refractivity contribution is 0.221. The lowest BCUT2D eigenvalue weighted by Crippen LogP contribution is -2.29. The van der Waals surface area contributed by atoms with E-state index in [9.17, 15) is 0 Å². The van der Waals surface area contributed by atoms with E-state index in [1.165, 1.54) is 37.9 Å². The van der Waals surface area contributed by atoms with Crippen LogP contribution in [0.5, 0.6) is 0 Å². The van der Waals surface area contributed by atoms with Crippen molar-refractivity contribution < 1.29 is 0 Å². The molecule has 0 radical (unpaired) electrons. The summed E-state index contributed by atoms with van der Waals surface area (Å²) in [5.74, 6) is 0. The number of hydrazone groups is 1. The molecule has 1 heterocycles. The average molecular weight is 276 g/mol. The Balaban J connectivity index is 1.86. The Labute approximate surface area is 119 Å². The molecular formula is C14H20N4S. The van der Waals surface area contributed by atoms with E-state index < -0.39 is 0 Å². The van der Waals surface area contributed by atoms with Crippen LogP contribution >= 0.6 is 12.2 Å². The zero-order chi connectivity index (χ0) is 13.5. The van der Waals surface area contributed by atoms with E-state index in [4.69, 9.17) is 5.73 Å². The molecular weight excluding hydrogens is 256 g/mol.